The zero-order valence-corrected chi connectivity index (χ0v) is 8.43. The number of hydrogen-bond acceptors (Lipinski definition) is 4. The summed E-state index contributed by atoms with van der Waals surface area (Å²) in [6.45, 7) is 2.91. The zero-order valence-electron chi connectivity index (χ0n) is 7.62. The maximum Gasteiger partial charge on any atom is 0.312 e. The molecule has 0 unspecified atom stereocenters. The average Bonchev–Trinajstić information content (AvgIpc) is 2.19. The number of esters is 1. The Morgan fingerprint density at radius 3 is 2.69 bits per heavy atom. The number of rotatable bonds is 2. The Labute approximate surface area is 82.8 Å². The van der Waals surface area contributed by atoms with Crippen LogP contribution in [0.4, 0.5) is 0 Å². The third kappa shape index (κ3) is 3.28. The molecule has 1 saturated heterocycles. The van der Waals surface area contributed by atoms with E-state index in [0.717, 1.165) is 13.1 Å². The molecule has 0 N–H and O–H groups in total. The van der Waals surface area contributed by atoms with Crippen molar-refractivity contribution in [3.8, 4) is 0 Å². The minimum Gasteiger partial charge on any atom is -0.469 e. The lowest BCUT2D eigenvalue weighted by Gasteiger charge is -2.28. The summed E-state index contributed by atoms with van der Waals surface area (Å²) in [4.78, 5) is 13.5. The van der Waals surface area contributed by atoms with Crippen LogP contribution in [0.25, 0.3) is 0 Å². The average molecular weight is 203 g/mol. The molecule has 0 aromatic heterocycles. The number of carbonyl (C=O) groups excluding carboxylic acids is 1. The predicted molar refractivity (Wildman–Crippen MR) is 51.6 cm³/mol. The van der Waals surface area contributed by atoms with Crippen molar-refractivity contribution in [2.45, 2.75) is 6.42 Å². The van der Waals surface area contributed by atoms with E-state index < -0.39 is 0 Å². The number of nitrogens with zero attached hydrogens (tertiary/aromatic N) is 1. The van der Waals surface area contributed by atoms with Crippen molar-refractivity contribution >= 4 is 23.2 Å². The van der Waals surface area contributed by atoms with Crippen LogP contribution < -0.4 is 0 Å². The van der Waals surface area contributed by atoms with E-state index in [9.17, 15) is 4.79 Å². The van der Waals surface area contributed by atoms with Gasteiger partial charge in [0.05, 0.1) is 31.7 Å². The van der Waals surface area contributed by atoms with Gasteiger partial charge in [-0.1, -0.05) is 12.2 Å². The van der Waals surface area contributed by atoms with Crippen LogP contribution >= 0.6 is 12.2 Å². The first-order valence-electron chi connectivity index (χ1n) is 4.16. The van der Waals surface area contributed by atoms with Crippen LogP contribution in [0.1, 0.15) is 6.42 Å². The summed E-state index contributed by atoms with van der Waals surface area (Å²) in [5.41, 5.74) is 0. The molecule has 1 fully saturated rings. The topological polar surface area (TPSA) is 38.8 Å². The fourth-order valence-corrected chi connectivity index (χ4v) is 1.42. The van der Waals surface area contributed by atoms with Gasteiger partial charge < -0.3 is 14.4 Å². The number of morpholine rings is 1. The van der Waals surface area contributed by atoms with E-state index in [1.54, 1.807) is 0 Å². The molecule has 0 saturated carbocycles. The molecule has 13 heavy (non-hydrogen) atoms. The van der Waals surface area contributed by atoms with Crippen molar-refractivity contribution in [2.24, 2.45) is 0 Å². The van der Waals surface area contributed by atoms with E-state index in [4.69, 9.17) is 17.0 Å². The van der Waals surface area contributed by atoms with Crippen molar-refractivity contribution < 1.29 is 14.3 Å². The molecule has 1 aliphatic rings. The van der Waals surface area contributed by atoms with Gasteiger partial charge in [0.25, 0.3) is 0 Å². The third-order valence-electron chi connectivity index (χ3n) is 1.89. The third-order valence-corrected chi connectivity index (χ3v) is 2.29. The zero-order chi connectivity index (χ0) is 9.68. The Morgan fingerprint density at radius 2 is 2.15 bits per heavy atom. The minimum atomic E-state index is -0.281. The molecule has 1 aliphatic heterocycles. The summed E-state index contributed by atoms with van der Waals surface area (Å²) in [6, 6.07) is 0. The minimum absolute atomic E-state index is 0.200. The van der Waals surface area contributed by atoms with Crippen LogP contribution in [0, 0.1) is 0 Å². The largest absolute Gasteiger partial charge is 0.469 e. The monoisotopic (exact) mass is 203 g/mol. The van der Waals surface area contributed by atoms with Crippen molar-refractivity contribution in [1.29, 1.82) is 0 Å². The van der Waals surface area contributed by atoms with Crippen LogP contribution in [0.2, 0.25) is 0 Å². The molecule has 0 aromatic rings. The Bertz CT molecular complexity index is 202. The van der Waals surface area contributed by atoms with E-state index in [2.05, 4.69) is 4.74 Å². The van der Waals surface area contributed by atoms with Gasteiger partial charge >= 0.3 is 5.97 Å². The summed E-state index contributed by atoms with van der Waals surface area (Å²) in [5, 5.41) is 0. The van der Waals surface area contributed by atoms with Crippen molar-refractivity contribution in [3.05, 3.63) is 0 Å². The van der Waals surface area contributed by atoms with E-state index in [1.165, 1.54) is 7.11 Å². The fourth-order valence-electron chi connectivity index (χ4n) is 1.12. The van der Waals surface area contributed by atoms with Crippen LogP contribution in [0.5, 0.6) is 0 Å². The number of hydrogen-bond donors (Lipinski definition) is 0. The van der Waals surface area contributed by atoms with Gasteiger partial charge in [-0.15, -0.1) is 0 Å². The molecular weight excluding hydrogens is 190 g/mol. The van der Waals surface area contributed by atoms with Crippen molar-refractivity contribution in [2.75, 3.05) is 33.4 Å². The Hall–Kier alpha value is -0.680. The Morgan fingerprint density at radius 1 is 1.54 bits per heavy atom. The lowest BCUT2D eigenvalue weighted by Crippen LogP contribution is -2.40. The number of thiocarbonyl (C=S) groups is 1. The molecule has 0 aromatic carbocycles. The SMILES string of the molecule is COC(=O)CC(=S)N1CCOCC1. The molecular formula is C8H13NO3S. The predicted octanol–water partition coefficient (Wildman–Crippen LogP) is 0.209. The van der Waals surface area contributed by atoms with Crippen LogP contribution in [-0.4, -0.2) is 49.3 Å². The lowest BCUT2D eigenvalue weighted by atomic mass is 10.3. The smallest absolute Gasteiger partial charge is 0.312 e. The van der Waals surface area contributed by atoms with Gasteiger partial charge in [-0.05, 0) is 0 Å². The number of ether oxygens (including phenoxy) is 2. The summed E-state index contributed by atoms with van der Waals surface area (Å²) in [7, 11) is 1.37. The molecule has 4 nitrogen and oxygen atoms in total. The van der Waals surface area contributed by atoms with Gasteiger partial charge in [-0.3, -0.25) is 4.79 Å². The van der Waals surface area contributed by atoms with Gasteiger partial charge in [-0.25, -0.2) is 0 Å². The highest BCUT2D eigenvalue weighted by Crippen LogP contribution is 2.02. The van der Waals surface area contributed by atoms with E-state index in [1.807, 2.05) is 4.90 Å². The van der Waals surface area contributed by atoms with E-state index in [0.29, 0.717) is 18.2 Å². The summed E-state index contributed by atoms with van der Waals surface area (Å²) in [5.74, 6) is -0.281. The van der Waals surface area contributed by atoms with Gasteiger partial charge in [0.2, 0.25) is 0 Å². The summed E-state index contributed by atoms with van der Waals surface area (Å²) in [6.07, 6.45) is 0.200. The van der Waals surface area contributed by atoms with Crippen LogP contribution in [0.3, 0.4) is 0 Å². The maximum absolute atomic E-state index is 10.9. The molecule has 0 spiro atoms. The van der Waals surface area contributed by atoms with Gasteiger partial charge in [-0.2, -0.15) is 0 Å². The molecule has 1 heterocycles. The maximum atomic E-state index is 10.9. The normalized spacial score (nSPS) is 16.8. The summed E-state index contributed by atoms with van der Waals surface area (Å²) >= 11 is 5.09. The second kappa shape index (κ2) is 5.14. The fraction of sp³-hybridized carbons (Fsp3) is 0.750. The van der Waals surface area contributed by atoms with Crippen molar-refractivity contribution in [1.82, 2.24) is 4.90 Å². The molecule has 0 aliphatic carbocycles. The van der Waals surface area contributed by atoms with Gasteiger partial charge in [0.15, 0.2) is 0 Å². The molecule has 0 radical (unpaired) electrons. The molecule has 0 bridgehead atoms. The van der Waals surface area contributed by atoms with Crippen LogP contribution in [-0.2, 0) is 14.3 Å². The molecule has 0 atom stereocenters. The molecule has 1 rings (SSSR count). The van der Waals surface area contributed by atoms with Crippen molar-refractivity contribution in [3.63, 3.8) is 0 Å². The number of carbonyl (C=O) groups is 1. The first kappa shape index (κ1) is 10.4. The molecule has 74 valence electrons. The van der Waals surface area contributed by atoms with E-state index >= 15 is 0 Å². The highest BCUT2D eigenvalue weighted by atomic mass is 32.1. The highest BCUT2D eigenvalue weighted by molar-refractivity contribution is 7.80. The Balaban J connectivity index is 2.33. The lowest BCUT2D eigenvalue weighted by molar-refractivity contribution is -0.139. The Kier molecular flexibility index (Phi) is 4.11. The van der Waals surface area contributed by atoms with E-state index in [-0.39, 0.29) is 12.4 Å². The second-order valence-electron chi connectivity index (χ2n) is 2.75. The molecule has 0 amide bonds. The van der Waals surface area contributed by atoms with Crippen LogP contribution in [0.15, 0.2) is 0 Å². The first-order valence-corrected chi connectivity index (χ1v) is 4.57. The number of methoxy groups -OCH3 is 1. The quantitative estimate of drug-likeness (QED) is 0.474. The highest BCUT2D eigenvalue weighted by Gasteiger charge is 2.16. The summed E-state index contributed by atoms with van der Waals surface area (Å²) < 4.78 is 9.69. The first-order chi connectivity index (χ1) is 6.24. The molecule has 5 heteroatoms. The van der Waals surface area contributed by atoms with Gasteiger partial charge in [0.1, 0.15) is 0 Å². The van der Waals surface area contributed by atoms with Gasteiger partial charge in [0, 0.05) is 13.1 Å². The standard InChI is InChI=1S/C8H13NO3S/c1-11-8(10)6-7(13)9-2-4-12-5-3-9/h2-6H2,1H3. The second-order valence-corrected chi connectivity index (χ2v) is 3.22.